The summed E-state index contributed by atoms with van der Waals surface area (Å²) in [6.07, 6.45) is 1.95. The fraction of sp³-hybridized carbons (Fsp3) is 0.714. The molecule has 0 N–H and O–H groups in total. The number of nitrogens with zero attached hydrogens (tertiary/aromatic N) is 1. The molecule has 5 nitrogen and oxygen atoms in total. The lowest BCUT2D eigenvalue weighted by atomic mass is 9.83. The van der Waals surface area contributed by atoms with Crippen molar-refractivity contribution in [3.63, 3.8) is 0 Å². The summed E-state index contributed by atoms with van der Waals surface area (Å²) in [5, 5.41) is 11.4. The van der Waals surface area contributed by atoms with E-state index in [1.54, 1.807) is 20.8 Å². The van der Waals surface area contributed by atoms with Gasteiger partial charge in [-0.15, -0.1) is 0 Å². The predicted molar refractivity (Wildman–Crippen MR) is 69.3 cm³/mol. The molecule has 0 saturated carbocycles. The van der Waals surface area contributed by atoms with Gasteiger partial charge in [0.1, 0.15) is 6.09 Å². The number of hydrogen-bond acceptors (Lipinski definition) is 4. The molecular weight excluding hydrogens is 246 g/mol. The van der Waals surface area contributed by atoms with E-state index in [0.717, 1.165) is 12.0 Å². The molecule has 2 unspecified atom stereocenters. The van der Waals surface area contributed by atoms with Crippen LogP contribution in [0.3, 0.4) is 0 Å². The van der Waals surface area contributed by atoms with Crippen molar-refractivity contribution in [1.82, 2.24) is 4.90 Å². The van der Waals surface area contributed by atoms with Crippen molar-refractivity contribution in [2.75, 3.05) is 7.11 Å². The maximum atomic E-state index is 11.8. The highest BCUT2D eigenvalue weighted by atomic mass is 16.5. The number of esters is 1. The highest BCUT2D eigenvalue weighted by molar-refractivity contribution is 5.75. The molecule has 0 aromatic heterocycles. The van der Waals surface area contributed by atoms with Crippen molar-refractivity contribution in [3.8, 4) is 0 Å². The lowest BCUT2D eigenvalue weighted by Gasteiger charge is -2.46. The fourth-order valence-electron chi connectivity index (χ4n) is 2.55. The van der Waals surface area contributed by atoms with Crippen LogP contribution in [0.2, 0.25) is 0 Å². The second-order valence-electron chi connectivity index (χ2n) is 5.98. The Kier molecular flexibility index (Phi) is 4.61. The summed E-state index contributed by atoms with van der Waals surface area (Å²) in [7, 11) is 1.32. The number of carbonyl (C=O) groups excluding carboxylic acids is 2. The van der Waals surface area contributed by atoms with Crippen LogP contribution in [-0.2, 0) is 9.53 Å². The average Bonchev–Trinajstić information content (AvgIpc) is 2.26. The average molecular weight is 268 g/mol. The molecular formula is C14H22NO4-. The topological polar surface area (TPSA) is 69.7 Å². The van der Waals surface area contributed by atoms with Gasteiger partial charge in [0.25, 0.3) is 0 Å². The Morgan fingerprint density at radius 1 is 1.42 bits per heavy atom. The molecule has 0 spiro atoms. The third kappa shape index (κ3) is 3.49. The molecule has 1 aliphatic carbocycles. The Balaban J connectivity index is 3.18. The molecule has 0 fully saturated rings. The zero-order valence-corrected chi connectivity index (χ0v) is 12.2. The van der Waals surface area contributed by atoms with Crippen LogP contribution in [0.4, 0.5) is 4.79 Å². The summed E-state index contributed by atoms with van der Waals surface area (Å²) in [6.45, 7) is 7.30. The van der Waals surface area contributed by atoms with Gasteiger partial charge in [-0.05, 0) is 40.5 Å². The van der Waals surface area contributed by atoms with E-state index < -0.39 is 23.6 Å². The lowest BCUT2D eigenvalue weighted by molar-refractivity contribution is -0.273. The molecule has 0 aliphatic heterocycles. The van der Waals surface area contributed by atoms with Crippen LogP contribution in [0.1, 0.15) is 40.5 Å². The molecule has 2 atom stereocenters. The summed E-state index contributed by atoms with van der Waals surface area (Å²) < 4.78 is 4.79. The van der Waals surface area contributed by atoms with Gasteiger partial charge in [-0.3, -0.25) is 4.79 Å². The van der Waals surface area contributed by atoms with E-state index in [1.165, 1.54) is 12.0 Å². The molecule has 19 heavy (non-hydrogen) atoms. The number of methoxy groups -OCH3 is 1. The summed E-state index contributed by atoms with van der Waals surface area (Å²) in [4.78, 5) is 24.5. The first-order valence-corrected chi connectivity index (χ1v) is 6.44. The fourth-order valence-corrected chi connectivity index (χ4v) is 2.55. The van der Waals surface area contributed by atoms with Crippen LogP contribution in [0.25, 0.3) is 0 Å². The number of rotatable bonds is 2. The van der Waals surface area contributed by atoms with E-state index >= 15 is 0 Å². The van der Waals surface area contributed by atoms with E-state index in [0.29, 0.717) is 6.42 Å². The number of amides is 1. The van der Waals surface area contributed by atoms with Crippen LogP contribution >= 0.6 is 0 Å². The molecule has 1 amide bonds. The first-order chi connectivity index (χ1) is 8.68. The van der Waals surface area contributed by atoms with Gasteiger partial charge in [-0.2, -0.15) is 0 Å². The van der Waals surface area contributed by atoms with Crippen LogP contribution in [-0.4, -0.2) is 35.7 Å². The van der Waals surface area contributed by atoms with E-state index in [9.17, 15) is 14.7 Å². The first kappa shape index (κ1) is 15.5. The van der Waals surface area contributed by atoms with Gasteiger partial charge in [0.2, 0.25) is 0 Å². The van der Waals surface area contributed by atoms with Crippen molar-refractivity contribution in [3.05, 3.63) is 11.6 Å². The molecule has 108 valence electrons. The minimum Gasteiger partial charge on any atom is -0.530 e. The molecule has 0 radical (unpaired) electrons. The summed E-state index contributed by atoms with van der Waals surface area (Å²) in [5.41, 5.74) is 0.449. The van der Waals surface area contributed by atoms with E-state index in [-0.39, 0.29) is 5.97 Å². The van der Waals surface area contributed by atoms with Gasteiger partial charge in [0.15, 0.2) is 0 Å². The van der Waals surface area contributed by atoms with Gasteiger partial charge in [-0.1, -0.05) is 11.6 Å². The van der Waals surface area contributed by atoms with Crippen molar-refractivity contribution >= 4 is 12.1 Å². The monoisotopic (exact) mass is 268 g/mol. The number of allylic oxidation sites excluding steroid dienone is 1. The smallest absolute Gasteiger partial charge is 0.311 e. The molecule has 1 rings (SSSR count). The SMILES string of the molecule is COC(=O)C1CCC(C)=CC1N(C(=O)[O-])C(C)(C)C. The second kappa shape index (κ2) is 5.63. The van der Waals surface area contributed by atoms with Crippen molar-refractivity contribution in [2.24, 2.45) is 5.92 Å². The first-order valence-electron chi connectivity index (χ1n) is 6.44. The quantitative estimate of drug-likeness (QED) is 0.559. The summed E-state index contributed by atoms with van der Waals surface area (Å²) in [6, 6.07) is -0.522. The van der Waals surface area contributed by atoms with Gasteiger partial charge in [0.05, 0.1) is 19.1 Å². The third-order valence-electron chi connectivity index (χ3n) is 3.44. The molecule has 1 aliphatic rings. The molecule has 5 heteroatoms. The maximum Gasteiger partial charge on any atom is 0.311 e. The minimum absolute atomic E-state index is 0.371. The van der Waals surface area contributed by atoms with Crippen LogP contribution in [0.15, 0.2) is 11.6 Å². The standard InChI is InChI=1S/C14H23NO4/c1-9-6-7-10(12(16)19-5)11(8-9)15(13(17)18)14(2,3)4/h8,10-11H,6-7H2,1-5H3,(H,17,18)/p-1. The largest absolute Gasteiger partial charge is 0.530 e. The second-order valence-corrected chi connectivity index (χ2v) is 5.98. The molecule has 0 saturated heterocycles. The van der Waals surface area contributed by atoms with Crippen LogP contribution in [0.5, 0.6) is 0 Å². The molecule has 0 aromatic carbocycles. The summed E-state index contributed by atoms with van der Waals surface area (Å²) >= 11 is 0. The van der Waals surface area contributed by atoms with Gasteiger partial charge in [0, 0.05) is 5.54 Å². The summed E-state index contributed by atoms with van der Waals surface area (Å²) in [5.74, 6) is -0.838. The van der Waals surface area contributed by atoms with Crippen molar-refractivity contribution in [1.29, 1.82) is 0 Å². The Morgan fingerprint density at radius 3 is 2.42 bits per heavy atom. The molecule has 0 bridgehead atoms. The van der Waals surface area contributed by atoms with E-state index in [4.69, 9.17) is 4.74 Å². The Hall–Kier alpha value is -1.52. The predicted octanol–water partition coefficient (Wildman–Crippen LogP) is 1.33. The van der Waals surface area contributed by atoms with Crippen LogP contribution < -0.4 is 5.11 Å². The van der Waals surface area contributed by atoms with Crippen molar-refractivity contribution < 1.29 is 19.4 Å². The minimum atomic E-state index is -1.27. The normalized spacial score (nSPS) is 23.5. The number of carbonyl (C=O) groups is 2. The van der Waals surface area contributed by atoms with E-state index in [1.807, 2.05) is 13.0 Å². The van der Waals surface area contributed by atoms with E-state index in [2.05, 4.69) is 0 Å². The number of hydrogen-bond donors (Lipinski definition) is 0. The van der Waals surface area contributed by atoms with Gasteiger partial charge >= 0.3 is 5.97 Å². The maximum absolute atomic E-state index is 11.8. The highest BCUT2D eigenvalue weighted by Crippen LogP contribution is 2.32. The van der Waals surface area contributed by atoms with Crippen molar-refractivity contribution in [2.45, 2.75) is 52.1 Å². The van der Waals surface area contributed by atoms with Crippen LogP contribution in [0, 0.1) is 5.92 Å². The Morgan fingerprint density at radius 2 is 2.00 bits per heavy atom. The van der Waals surface area contributed by atoms with Gasteiger partial charge in [-0.25, -0.2) is 0 Å². The third-order valence-corrected chi connectivity index (χ3v) is 3.44. The zero-order chi connectivity index (χ0) is 14.8. The Bertz CT molecular complexity index is 395. The molecule has 0 heterocycles. The number of carboxylic acid groups (broad SMARTS) is 1. The van der Waals surface area contributed by atoms with Gasteiger partial charge < -0.3 is 19.5 Å². The zero-order valence-electron chi connectivity index (χ0n) is 12.2. The Labute approximate surface area is 114 Å². The number of ether oxygens (including phenoxy) is 1. The lowest BCUT2D eigenvalue weighted by Crippen LogP contribution is -2.59. The highest BCUT2D eigenvalue weighted by Gasteiger charge is 2.38. The molecule has 0 aromatic rings.